The first-order chi connectivity index (χ1) is 11.1. The fourth-order valence-corrected chi connectivity index (χ4v) is 2.82. The Morgan fingerprint density at radius 3 is 2.91 bits per heavy atom. The minimum absolute atomic E-state index is 0.0266. The van der Waals surface area contributed by atoms with Crippen LogP contribution in [0.1, 0.15) is 12.8 Å². The van der Waals surface area contributed by atoms with Gasteiger partial charge in [-0.1, -0.05) is 12.1 Å². The topological polar surface area (TPSA) is 91.4 Å². The number of nitrogens with one attached hydrogen (secondary N) is 2. The second-order valence-electron chi connectivity index (χ2n) is 4.93. The summed E-state index contributed by atoms with van der Waals surface area (Å²) in [7, 11) is 0. The molecule has 1 aliphatic heterocycles. The fourth-order valence-electron chi connectivity index (χ4n) is 2.28. The molecule has 0 spiro atoms. The predicted molar refractivity (Wildman–Crippen MR) is 87.4 cm³/mol. The lowest BCUT2D eigenvalue weighted by molar-refractivity contribution is -0.124. The summed E-state index contributed by atoms with van der Waals surface area (Å²) in [6.07, 6.45) is 1.66. The molecule has 3 amide bonds. The number of rotatable bonds is 4. The Morgan fingerprint density at radius 2 is 2.13 bits per heavy atom. The van der Waals surface area contributed by atoms with E-state index in [0.717, 1.165) is 0 Å². The van der Waals surface area contributed by atoms with E-state index in [4.69, 9.17) is 0 Å². The lowest BCUT2D eigenvalue weighted by atomic mass is 10.1. The summed E-state index contributed by atoms with van der Waals surface area (Å²) in [6.45, 7) is -0.0378. The van der Waals surface area contributed by atoms with Crippen molar-refractivity contribution in [3.8, 4) is 0 Å². The van der Waals surface area contributed by atoms with Gasteiger partial charge in [0, 0.05) is 24.4 Å². The normalized spacial score (nSPS) is 13.2. The van der Waals surface area contributed by atoms with Gasteiger partial charge in [0.1, 0.15) is 6.54 Å². The summed E-state index contributed by atoms with van der Waals surface area (Å²) in [5.41, 5.74) is 1.25. The Balaban J connectivity index is 1.62. The van der Waals surface area contributed by atoms with E-state index in [0.29, 0.717) is 16.5 Å². The Kier molecular flexibility index (Phi) is 4.33. The van der Waals surface area contributed by atoms with Gasteiger partial charge in [-0.3, -0.25) is 14.4 Å². The van der Waals surface area contributed by atoms with E-state index in [9.17, 15) is 14.4 Å². The van der Waals surface area contributed by atoms with Crippen LogP contribution >= 0.6 is 11.3 Å². The largest absolute Gasteiger partial charge is 0.323 e. The van der Waals surface area contributed by atoms with Gasteiger partial charge in [0.2, 0.25) is 17.7 Å². The molecule has 1 aromatic heterocycles. The number of benzene rings is 1. The molecule has 118 valence electrons. The number of nitrogens with zero attached hydrogens (tertiary/aromatic N) is 2. The van der Waals surface area contributed by atoms with Crippen LogP contribution in [0, 0.1) is 0 Å². The summed E-state index contributed by atoms with van der Waals surface area (Å²) in [5.74, 6) is -0.783. The molecule has 1 aliphatic rings. The van der Waals surface area contributed by atoms with Gasteiger partial charge < -0.3 is 15.5 Å². The van der Waals surface area contributed by atoms with Crippen molar-refractivity contribution in [3.63, 3.8) is 0 Å². The molecular weight excluding hydrogens is 316 g/mol. The van der Waals surface area contributed by atoms with E-state index >= 15 is 0 Å². The molecule has 0 radical (unpaired) electrons. The van der Waals surface area contributed by atoms with Gasteiger partial charge in [0.15, 0.2) is 5.13 Å². The Morgan fingerprint density at radius 1 is 1.30 bits per heavy atom. The first-order valence-electron chi connectivity index (χ1n) is 7.02. The zero-order valence-corrected chi connectivity index (χ0v) is 12.9. The Hall–Kier alpha value is -2.74. The molecule has 8 heteroatoms. The van der Waals surface area contributed by atoms with Crippen molar-refractivity contribution in [2.75, 3.05) is 22.1 Å². The van der Waals surface area contributed by atoms with Crippen LogP contribution in [0.25, 0.3) is 0 Å². The van der Waals surface area contributed by atoms with Crippen LogP contribution in [0.4, 0.5) is 16.5 Å². The van der Waals surface area contributed by atoms with Crippen LogP contribution in [-0.2, 0) is 14.4 Å². The minimum Gasteiger partial charge on any atom is -0.323 e. The first kappa shape index (κ1) is 15.2. The van der Waals surface area contributed by atoms with Gasteiger partial charge in [-0.15, -0.1) is 11.3 Å². The summed E-state index contributed by atoms with van der Waals surface area (Å²) < 4.78 is 0. The second-order valence-corrected chi connectivity index (χ2v) is 5.83. The third-order valence-corrected chi connectivity index (χ3v) is 4.00. The lowest BCUT2D eigenvalue weighted by Crippen LogP contribution is -2.42. The molecular formula is C15H14N4O3S. The predicted octanol–water partition coefficient (Wildman–Crippen LogP) is 1.85. The molecule has 1 aromatic carbocycles. The Labute approximate surface area is 136 Å². The van der Waals surface area contributed by atoms with Crippen LogP contribution < -0.4 is 15.5 Å². The highest BCUT2D eigenvalue weighted by atomic mass is 32.1. The highest BCUT2D eigenvalue weighted by Gasteiger charge is 2.26. The molecule has 7 nitrogen and oxygen atoms in total. The molecule has 2 N–H and O–H groups in total. The van der Waals surface area contributed by atoms with Crippen molar-refractivity contribution in [2.45, 2.75) is 12.8 Å². The number of hydrogen-bond donors (Lipinski definition) is 2. The molecule has 2 heterocycles. The standard InChI is InChI=1S/C15H14N4O3S/c20-12(18-15-16-7-8-23-15)5-6-14(22)19-9-13(21)17-10-3-1-2-4-11(10)19/h1-4,7-8H,5-6,9H2,(H,17,21)(H,16,18,20). The molecule has 2 aromatic rings. The van der Waals surface area contributed by atoms with Crippen molar-refractivity contribution in [2.24, 2.45) is 0 Å². The van der Waals surface area contributed by atoms with Gasteiger partial charge in [0.25, 0.3) is 0 Å². The van der Waals surface area contributed by atoms with Crippen molar-refractivity contribution >= 4 is 45.6 Å². The third kappa shape index (κ3) is 3.54. The number of aromatic nitrogens is 1. The molecule has 0 saturated heterocycles. The average molecular weight is 330 g/mol. The first-order valence-corrected chi connectivity index (χ1v) is 7.90. The maximum absolute atomic E-state index is 12.4. The van der Waals surface area contributed by atoms with E-state index in [2.05, 4.69) is 15.6 Å². The van der Waals surface area contributed by atoms with Crippen LogP contribution in [0.15, 0.2) is 35.8 Å². The quantitative estimate of drug-likeness (QED) is 0.895. The smallest absolute Gasteiger partial charge is 0.244 e. The fraction of sp³-hybridized carbons (Fsp3) is 0.200. The number of para-hydroxylation sites is 2. The van der Waals surface area contributed by atoms with Gasteiger partial charge in [-0.05, 0) is 12.1 Å². The maximum atomic E-state index is 12.4. The summed E-state index contributed by atoms with van der Waals surface area (Å²) in [6, 6.07) is 7.09. The van der Waals surface area contributed by atoms with E-state index in [1.807, 2.05) is 0 Å². The number of amides is 3. The molecule has 0 aliphatic carbocycles. The number of thiazole rings is 1. The molecule has 0 fully saturated rings. The highest BCUT2D eigenvalue weighted by molar-refractivity contribution is 7.13. The summed E-state index contributed by atoms with van der Waals surface area (Å²) in [5, 5.41) is 7.61. The van der Waals surface area contributed by atoms with Gasteiger partial charge >= 0.3 is 0 Å². The van der Waals surface area contributed by atoms with E-state index in [-0.39, 0.29) is 37.1 Å². The van der Waals surface area contributed by atoms with Crippen LogP contribution in [0.3, 0.4) is 0 Å². The number of carbonyl (C=O) groups excluding carboxylic acids is 3. The van der Waals surface area contributed by atoms with Crippen LogP contribution in [-0.4, -0.2) is 29.3 Å². The van der Waals surface area contributed by atoms with Crippen molar-refractivity contribution < 1.29 is 14.4 Å². The molecule has 23 heavy (non-hydrogen) atoms. The molecule has 0 unspecified atom stereocenters. The van der Waals surface area contributed by atoms with Gasteiger partial charge in [0.05, 0.1) is 11.4 Å². The van der Waals surface area contributed by atoms with Gasteiger partial charge in [-0.2, -0.15) is 0 Å². The number of carbonyl (C=O) groups is 3. The van der Waals surface area contributed by atoms with Gasteiger partial charge in [-0.25, -0.2) is 4.98 Å². The monoisotopic (exact) mass is 330 g/mol. The molecule has 0 saturated carbocycles. The summed E-state index contributed by atoms with van der Waals surface area (Å²) in [4.78, 5) is 41.2. The zero-order chi connectivity index (χ0) is 16.2. The maximum Gasteiger partial charge on any atom is 0.244 e. The van der Waals surface area contributed by atoms with Crippen LogP contribution in [0.2, 0.25) is 0 Å². The van der Waals surface area contributed by atoms with Crippen molar-refractivity contribution in [3.05, 3.63) is 35.8 Å². The Bertz CT molecular complexity index is 745. The summed E-state index contributed by atoms with van der Waals surface area (Å²) >= 11 is 1.31. The second kappa shape index (κ2) is 6.57. The highest BCUT2D eigenvalue weighted by Crippen LogP contribution is 2.29. The number of fused-ring (bicyclic) bond motifs is 1. The van der Waals surface area contributed by atoms with E-state index in [1.54, 1.807) is 35.8 Å². The lowest BCUT2D eigenvalue weighted by Gasteiger charge is -2.29. The van der Waals surface area contributed by atoms with Crippen molar-refractivity contribution in [1.82, 2.24) is 4.98 Å². The zero-order valence-electron chi connectivity index (χ0n) is 12.1. The minimum atomic E-state index is -0.275. The SMILES string of the molecule is O=C(CCC(=O)N1CC(=O)Nc2ccccc21)Nc1nccs1. The van der Waals surface area contributed by atoms with Crippen LogP contribution in [0.5, 0.6) is 0 Å². The van der Waals surface area contributed by atoms with E-state index in [1.165, 1.54) is 16.2 Å². The average Bonchev–Trinajstić information content (AvgIpc) is 3.04. The number of hydrogen-bond acceptors (Lipinski definition) is 5. The van der Waals surface area contributed by atoms with Crippen molar-refractivity contribution in [1.29, 1.82) is 0 Å². The molecule has 3 rings (SSSR count). The third-order valence-electron chi connectivity index (χ3n) is 3.32. The number of anilines is 3. The van der Waals surface area contributed by atoms with E-state index < -0.39 is 0 Å². The molecule has 0 atom stereocenters. The molecule has 0 bridgehead atoms.